The molecule has 2 saturated heterocycles. The van der Waals surface area contributed by atoms with Crippen molar-refractivity contribution in [2.75, 3.05) is 19.6 Å². The molecule has 11 heteroatoms. The van der Waals surface area contributed by atoms with E-state index in [1.54, 1.807) is 4.90 Å². The van der Waals surface area contributed by atoms with Gasteiger partial charge in [-0.05, 0) is 52.4 Å². The van der Waals surface area contributed by atoms with E-state index in [1.165, 1.54) is 0 Å². The molecule has 1 atom stereocenters. The lowest BCUT2D eigenvalue weighted by Crippen LogP contribution is -2.68. The minimum Gasteiger partial charge on any atom is -0.475 e. The highest BCUT2D eigenvalue weighted by Crippen LogP contribution is 2.43. The summed E-state index contributed by atoms with van der Waals surface area (Å²) in [5, 5.41) is 11.2. The second-order valence-electron chi connectivity index (χ2n) is 8.65. The molecule has 0 aromatic carbocycles. The van der Waals surface area contributed by atoms with Gasteiger partial charge in [0.15, 0.2) is 5.67 Å². The molecular weight excluding hydrogens is 422 g/mol. The second kappa shape index (κ2) is 8.40. The van der Waals surface area contributed by atoms with Crippen LogP contribution in [-0.2, 0) is 16.1 Å². The molecule has 174 valence electrons. The molecule has 1 aromatic rings. The van der Waals surface area contributed by atoms with E-state index in [0.29, 0.717) is 25.9 Å². The Morgan fingerprint density at radius 2 is 1.77 bits per heavy atom. The number of piperidine rings is 1. The number of carboxylic acids is 1. The van der Waals surface area contributed by atoms with Crippen molar-refractivity contribution in [2.24, 2.45) is 0 Å². The highest BCUT2D eigenvalue weighted by Gasteiger charge is 2.52. The third kappa shape index (κ3) is 4.70. The van der Waals surface area contributed by atoms with Crippen molar-refractivity contribution < 1.29 is 36.8 Å². The van der Waals surface area contributed by atoms with Crippen LogP contribution >= 0.6 is 0 Å². The summed E-state index contributed by atoms with van der Waals surface area (Å²) in [7, 11) is 0. The van der Waals surface area contributed by atoms with Crippen molar-refractivity contribution in [3.8, 4) is 0 Å². The molecule has 4 rings (SSSR count). The average Bonchev–Trinajstić information content (AvgIpc) is 3.00. The first-order valence-corrected chi connectivity index (χ1v) is 10.3. The van der Waals surface area contributed by atoms with Crippen molar-refractivity contribution >= 4 is 11.9 Å². The highest BCUT2D eigenvalue weighted by atomic mass is 19.4. The number of aryl methyl sites for hydroxylation is 2. The SMILES string of the molecule is Cc1noc(C)c1CN1CCC12CCCN(C(=O)C1(F)CCC1)C2.O=C(O)C(F)(F)F. The Kier molecular flexibility index (Phi) is 6.37. The molecule has 3 heterocycles. The lowest BCUT2D eigenvalue weighted by atomic mass is 9.75. The standard InChI is InChI=1S/C18H26FN3O2.C2HF3O2/c1-13-15(14(2)24-20-13)11-22-10-8-17(22)5-4-9-21(12-17)16(23)18(19)6-3-7-18;3-2(4,5)1(6)7/h3-12H2,1-2H3;(H,6,7). The predicted octanol–water partition coefficient (Wildman–Crippen LogP) is 3.38. The quantitative estimate of drug-likeness (QED) is 0.712. The van der Waals surface area contributed by atoms with Crippen LogP contribution in [0.25, 0.3) is 0 Å². The molecule has 3 aliphatic rings. The number of halogens is 4. The number of aliphatic carboxylic acids is 1. The topological polar surface area (TPSA) is 86.9 Å². The van der Waals surface area contributed by atoms with Gasteiger partial charge in [0.25, 0.3) is 5.91 Å². The lowest BCUT2D eigenvalue weighted by Gasteiger charge is -2.57. The van der Waals surface area contributed by atoms with Crippen molar-refractivity contribution in [2.45, 2.75) is 76.3 Å². The van der Waals surface area contributed by atoms with Crippen LogP contribution in [0.1, 0.15) is 55.5 Å². The monoisotopic (exact) mass is 449 g/mol. The molecule has 31 heavy (non-hydrogen) atoms. The van der Waals surface area contributed by atoms with Crippen LogP contribution in [0.15, 0.2) is 4.52 Å². The zero-order valence-electron chi connectivity index (χ0n) is 17.6. The van der Waals surface area contributed by atoms with E-state index >= 15 is 0 Å². The fourth-order valence-electron chi connectivity index (χ4n) is 4.48. The lowest BCUT2D eigenvalue weighted by molar-refractivity contribution is -0.192. The molecule has 0 radical (unpaired) electrons. The third-order valence-electron chi connectivity index (χ3n) is 6.66. The Hall–Kier alpha value is -2.17. The summed E-state index contributed by atoms with van der Waals surface area (Å²) in [5.41, 5.74) is 0.535. The first kappa shape index (κ1) is 23.5. The van der Waals surface area contributed by atoms with Crippen LogP contribution in [0.2, 0.25) is 0 Å². The third-order valence-corrected chi connectivity index (χ3v) is 6.66. The number of rotatable bonds is 3. The second-order valence-corrected chi connectivity index (χ2v) is 8.65. The van der Waals surface area contributed by atoms with E-state index in [4.69, 9.17) is 14.4 Å². The van der Waals surface area contributed by atoms with Gasteiger partial charge in [0, 0.05) is 37.3 Å². The van der Waals surface area contributed by atoms with Crippen LogP contribution in [0.5, 0.6) is 0 Å². The summed E-state index contributed by atoms with van der Waals surface area (Å²) in [5.74, 6) is -2.15. The molecule has 1 unspecified atom stereocenters. The molecule has 1 spiro atoms. The fraction of sp³-hybridized carbons (Fsp3) is 0.750. The van der Waals surface area contributed by atoms with Gasteiger partial charge in [-0.1, -0.05) is 5.16 Å². The highest BCUT2D eigenvalue weighted by molar-refractivity contribution is 5.86. The van der Waals surface area contributed by atoms with Gasteiger partial charge in [-0.3, -0.25) is 9.69 Å². The van der Waals surface area contributed by atoms with E-state index in [2.05, 4.69) is 10.1 Å². The number of likely N-dealkylation sites (tertiary alicyclic amines) is 2. The summed E-state index contributed by atoms with van der Waals surface area (Å²) in [6.45, 7) is 7.11. The normalized spacial score (nSPS) is 25.3. The summed E-state index contributed by atoms with van der Waals surface area (Å²) in [6.07, 6.45) is -0.325. The minimum atomic E-state index is -5.08. The Labute approximate surface area is 177 Å². The van der Waals surface area contributed by atoms with E-state index in [-0.39, 0.29) is 11.4 Å². The number of nitrogens with zero attached hydrogens (tertiary/aromatic N) is 3. The number of carbonyl (C=O) groups excluding carboxylic acids is 1. The van der Waals surface area contributed by atoms with Gasteiger partial charge in [-0.25, -0.2) is 9.18 Å². The van der Waals surface area contributed by atoms with Crippen molar-refractivity contribution in [3.05, 3.63) is 17.0 Å². The Morgan fingerprint density at radius 1 is 1.13 bits per heavy atom. The summed E-state index contributed by atoms with van der Waals surface area (Å²) in [6, 6.07) is 0. The summed E-state index contributed by atoms with van der Waals surface area (Å²) in [4.78, 5) is 25.7. The van der Waals surface area contributed by atoms with E-state index in [0.717, 1.165) is 55.8 Å². The molecule has 1 saturated carbocycles. The van der Waals surface area contributed by atoms with Crippen LogP contribution < -0.4 is 0 Å². The van der Waals surface area contributed by atoms with Crippen LogP contribution in [0, 0.1) is 13.8 Å². The molecule has 3 fully saturated rings. The Morgan fingerprint density at radius 3 is 2.19 bits per heavy atom. The average molecular weight is 449 g/mol. The van der Waals surface area contributed by atoms with Crippen molar-refractivity contribution in [1.82, 2.24) is 15.0 Å². The van der Waals surface area contributed by atoms with Gasteiger partial charge in [-0.2, -0.15) is 13.2 Å². The number of aromatic nitrogens is 1. The number of carbonyl (C=O) groups is 2. The number of carboxylic acid groups (broad SMARTS) is 1. The van der Waals surface area contributed by atoms with Crippen molar-refractivity contribution in [1.29, 1.82) is 0 Å². The summed E-state index contributed by atoms with van der Waals surface area (Å²) < 4.78 is 51.6. The summed E-state index contributed by atoms with van der Waals surface area (Å²) >= 11 is 0. The molecule has 1 N–H and O–H groups in total. The van der Waals surface area contributed by atoms with Gasteiger partial charge in [0.2, 0.25) is 0 Å². The van der Waals surface area contributed by atoms with Gasteiger partial charge >= 0.3 is 12.1 Å². The first-order valence-electron chi connectivity index (χ1n) is 10.3. The zero-order chi connectivity index (χ0) is 23.0. The number of hydrogen-bond donors (Lipinski definition) is 1. The maximum absolute atomic E-state index is 14.5. The maximum atomic E-state index is 14.5. The fourth-order valence-corrected chi connectivity index (χ4v) is 4.48. The van der Waals surface area contributed by atoms with E-state index < -0.39 is 17.8 Å². The molecular formula is C20H27F4N3O4. The number of amides is 1. The number of hydrogen-bond acceptors (Lipinski definition) is 5. The molecule has 1 aromatic heterocycles. The molecule has 7 nitrogen and oxygen atoms in total. The first-order chi connectivity index (χ1) is 14.4. The largest absolute Gasteiger partial charge is 0.490 e. The predicted molar refractivity (Wildman–Crippen MR) is 101 cm³/mol. The van der Waals surface area contributed by atoms with Crippen LogP contribution in [0.3, 0.4) is 0 Å². The smallest absolute Gasteiger partial charge is 0.475 e. The number of alkyl halides is 4. The maximum Gasteiger partial charge on any atom is 0.490 e. The minimum absolute atomic E-state index is 0.0180. The zero-order valence-corrected chi connectivity index (χ0v) is 17.6. The van der Waals surface area contributed by atoms with Gasteiger partial charge in [0.05, 0.1) is 5.69 Å². The Balaban J connectivity index is 0.000000339. The van der Waals surface area contributed by atoms with Gasteiger partial charge in [0.1, 0.15) is 5.76 Å². The molecule has 1 aliphatic carbocycles. The molecule has 0 bridgehead atoms. The molecule has 1 amide bonds. The van der Waals surface area contributed by atoms with Crippen molar-refractivity contribution in [3.63, 3.8) is 0 Å². The van der Waals surface area contributed by atoms with E-state index in [9.17, 15) is 22.4 Å². The molecule has 2 aliphatic heterocycles. The van der Waals surface area contributed by atoms with Crippen LogP contribution in [-0.4, -0.2) is 69.0 Å². The Bertz CT molecular complexity index is 817. The van der Waals surface area contributed by atoms with Gasteiger partial charge in [-0.15, -0.1) is 0 Å². The van der Waals surface area contributed by atoms with E-state index in [1.807, 2.05) is 13.8 Å². The van der Waals surface area contributed by atoms with Gasteiger partial charge < -0.3 is 14.5 Å². The van der Waals surface area contributed by atoms with Crippen LogP contribution in [0.4, 0.5) is 17.6 Å².